The van der Waals surface area contributed by atoms with Crippen LogP contribution in [0.1, 0.15) is 84.0 Å². The smallest absolute Gasteiger partial charge is 0.0380 e. The minimum absolute atomic E-state index is 0.564. The molecule has 0 spiro atoms. The van der Waals surface area contributed by atoms with Crippen LogP contribution in [0.15, 0.2) is 263 Å². The summed E-state index contributed by atoms with van der Waals surface area (Å²) in [6, 6.07) is 82.3. The summed E-state index contributed by atoms with van der Waals surface area (Å²) in [7, 11) is 0. The molecule has 448 valence electrons. The molecule has 0 aliphatic heterocycles. The van der Waals surface area contributed by atoms with E-state index in [0.717, 1.165) is 0 Å². The van der Waals surface area contributed by atoms with Gasteiger partial charge in [0, 0.05) is 39.0 Å². The van der Waals surface area contributed by atoms with E-state index in [-0.39, 0.29) is 0 Å². The van der Waals surface area contributed by atoms with E-state index in [0.29, 0.717) is 11.8 Å². The molecular weight excluding hydrogens is 1200 g/mol. The highest BCUT2D eigenvalue weighted by molar-refractivity contribution is 7.19. The Labute approximate surface area is 556 Å². The summed E-state index contributed by atoms with van der Waals surface area (Å²) in [6.45, 7) is 22.3. The fourth-order valence-corrected chi connectivity index (χ4v) is 17.3. The Kier molecular flexibility index (Phi) is 21.0. The molecule has 0 aliphatic rings. The van der Waals surface area contributed by atoms with Crippen LogP contribution >= 0.6 is 68.0 Å². The lowest BCUT2D eigenvalue weighted by molar-refractivity contribution is 0.860. The van der Waals surface area contributed by atoms with Gasteiger partial charge in [0.25, 0.3) is 0 Å². The van der Waals surface area contributed by atoms with Gasteiger partial charge in [0.15, 0.2) is 0 Å². The molecule has 0 amide bonds. The molecule has 0 atom stereocenters. The van der Waals surface area contributed by atoms with Crippen LogP contribution in [-0.2, 0) is 0 Å². The van der Waals surface area contributed by atoms with Gasteiger partial charge in [0.05, 0.1) is 0 Å². The third kappa shape index (κ3) is 14.6. The van der Waals surface area contributed by atoms with Gasteiger partial charge < -0.3 is 0 Å². The Morgan fingerprint density at radius 1 is 0.233 bits per heavy atom. The Morgan fingerprint density at radius 2 is 0.644 bits per heavy atom. The predicted octanol–water partition coefficient (Wildman–Crippen LogP) is 28.2. The van der Waals surface area contributed by atoms with E-state index in [9.17, 15) is 0 Å². The molecule has 0 N–H and O–H groups in total. The van der Waals surface area contributed by atoms with E-state index in [4.69, 9.17) is 0 Å². The molecule has 90 heavy (non-hydrogen) atoms. The van der Waals surface area contributed by atoms with Crippen LogP contribution in [0.4, 0.5) is 0 Å². The topological polar surface area (TPSA) is 0 Å². The van der Waals surface area contributed by atoms with Gasteiger partial charge in [0.2, 0.25) is 0 Å². The Hall–Kier alpha value is -8.04. The lowest BCUT2D eigenvalue weighted by Crippen LogP contribution is -1.94. The van der Waals surface area contributed by atoms with Crippen molar-refractivity contribution in [3.8, 4) is 44.5 Å². The van der Waals surface area contributed by atoms with Crippen molar-refractivity contribution in [1.82, 2.24) is 0 Å². The summed E-state index contributed by atoms with van der Waals surface area (Å²) in [5, 5.41) is 21.2. The van der Waals surface area contributed by atoms with Gasteiger partial charge in [-0.25, -0.2) is 0 Å². The number of fused-ring (bicyclic) bond motifs is 6. The number of aryl methyl sites for hydroxylation is 6. The molecule has 16 aromatic rings. The lowest BCUT2D eigenvalue weighted by atomic mass is 9.91. The van der Waals surface area contributed by atoms with Crippen molar-refractivity contribution < 1.29 is 0 Å². The summed E-state index contributed by atoms with van der Waals surface area (Å²) in [6.07, 6.45) is 0. The van der Waals surface area contributed by atoms with E-state index in [1.807, 2.05) is 68.0 Å². The molecule has 0 fully saturated rings. The summed E-state index contributed by atoms with van der Waals surface area (Å²) >= 11 is 11.0. The lowest BCUT2D eigenvalue weighted by Gasteiger charge is -2.14. The van der Waals surface area contributed by atoms with Crippen LogP contribution in [0.25, 0.3) is 105 Å². The first-order chi connectivity index (χ1) is 43.8. The number of thiophene rings is 6. The maximum absolute atomic E-state index is 2.38. The van der Waals surface area contributed by atoms with E-state index in [1.54, 1.807) is 0 Å². The van der Waals surface area contributed by atoms with Crippen LogP contribution in [0.5, 0.6) is 0 Å². The summed E-state index contributed by atoms with van der Waals surface area (Å²) < 4.78 is 8.51. The van der Waals surface area contributed by atoms with E-state index >= 15 is 0 Å². The van der Waals surface area contributed by atoms with Crippen molar-refractivity contribution in [2.24, 2.45) is 0 Å². The van der Waals surface area contributed by atoms with Gasteiger partial charge in [0.1, 0.15) is 0 Å². The van der Waals surface area contributed by atoms with Crippen LogP contribution in [-0.4, -0.2) is 0 Å². The van der Waals surface area contributed by atoms with Gasteiger partial charge in [-0.15, -0.1) is 68.0 Å². The highest BCUT2D eigenvalue weighted by Gasteiger charge is 2.15. The zero-order valence-corrected chi connectivity index (χ0v) is 57.9. The second-order valence-electron chi connectivity index (χ2n) is 23.4. The molecular formula is C84H76S6. The first kappa shape index (κ1) is 63.5. The van der Waals surface area contributed by atoms with Crippen molar-refractivity contribution in [3.63, 3.8) is 0 Å². The number of benzene rings is 10. The molecule has 6 heterocycles. The van der Waals surface area contributed by atoms with E-state index < -0.39 is 0 Å². The fraction of sp³-hybridized carbons (Fsp3) is 0.143. The van der Waals surface area contributed by atoms with Crippen molar-refractivity contribution in [1.29, 1.82) is 0 Å². The maximum Gasteiger partial charge on any atom is 0.0380 e. The zero-order valence-electron chi connectivity index (χ0n) is 53.0. The largest absolute Gasteiger partial charge is 0.144 e. The SMILES string of the molecule is Cc1c(-c2ccccc2)ccc2ccsc12.Cc1c(C(C)C)cc(-c2ccccc2)c2ccsc12.Cc1c(C(C)C)ccc2ccsc12.Cc1cc(-c2ccccc2)cc2ccsc12.Cc1ccc(-c2ccccc2)c2ccsc12.Cc1cccc2ccsc12. The fourth-order valence-electron chi connectivity index (χ4n) is 11.9. The third-order valence-corrected chi connectivity index (χ3v) is 23.0. The molecule has 0 nitrogen and oxygen atoms in total. The second-order valence-corrected chi connectivity index (χ2v) is 28.9. The van der Waals surface area contributed by atoms with E-state index in [1.165, 1.54) is 150 Å². The Balaban J connectivity index is 0.000000112. The summed E-state index contributed by atoms with van der Waals surface area (Å²) in [4.78, 5) is 0. The van der Waals surface area contributed by atoms with Gasteiger partial charge in [-0.05, 0) is 251 Å². The highest BCUT2D eigenvalue weighted by Crippen LogP contribution is 2.40. The molecule has 16 rings (SSSR count). The van der Waals surface area contributed by atoms with Crippen molar-refractivity contribution >= 4 is 129 Å². The molecule has 0 bridgehead atoms. The first-order valence-electron chi connectivity index (χ1n) is 30.9. The third-order valence-electron chi connectivity index (χ3n) is 16.6. The monoisotopic (exact) mass is 1280 g/mol. The molecule has 6 heteroatoms. The van der Waals surface area contributed by atoms with Crippen molar-refractivity contribution in [2.45, 2.75) is 81.1 Å². The molecule has 0 unspecified atom stereocenters. The molecule has 10 aromatic carbocycles. The normalized spacial score (nSPS) is 11.0. The number of hydrogen-bond donors (Lipinski definition) is 0. The molecule has 0 aliphatic carbocycles. The van der Waals surface area contributed by atoms with Gasteiger partial charge in [-0.2, -0.15) is 0 Å². The highest BCUT2D eigenvalue weighted by atomic mass is 32.1. The summed E-state index contributed by atoms with van der Waals surface area (Å²) in [5.74, 6) is 1.19. The van der Waals surface area contributed by atoms with Gasteiger partial charge >= 0.3 is 0 Å². The minimum Gasteiger partial charge on any atom is -0.144 e. The van der Waals surface area contributed by atoms with Crippen molar-refractivity contribution in [2.75, 3.05) is 0 Å². The average Bonchev–Trinajstić information content (AvgIpc) is 1.73. The zero-order chi connectivity index (χ0) is 62.7. The average molecular weight is 1280 g/mol. The maximum atomic E-state index is 2.38. The van der Waals surface area contributed by atoms with Gasteiger partial charge in [-0.3, -0.25) is 0 Å². The van der Waals surface area contributed by atoms with Gasteiger partial charge in [-0.1, -0.05) is 204 Å². The number of rotatable bonds is 6. The summed E-state index contributed by atoms with van der Waals surface area (Å²) in [5.41, 5.74) is 21.9. The quantitative estimate of drug-likeness (QED) is 0.156. The number of hydrogen-bond acceptors (Lipinski definition) is 6. The molecule has 6 aromatic heterocycles. The minimum atomic E-state index is 0.564. The van der Waals surface area contributed by atoms with E-state index in [2.05, 4.69) is 332 Å². The Morgan fingerprint density at radius 3 is 1.21 bits per heavy atom. The molecule has 0 radical (unpaired) electrons. The standard InChI is InChI=1S/C18H18S.3C15H12S.C12H14S.C9H8S/c1-12(2)16-11-17(14-7-5-4-6-8-14)15-9-10-19-18(15)13(16)3;1-11-9-14(12-5-3-2-4-6-12)10-13-7-8-16-15(11)13;1-11-14(12-5-3-2-4-6-12)8-7-13-9-10-16-15(11)13;1-11-7-8-13(12-5-3-2-4-6-12)14-9-10-16-15(11)14;1-8(2)11-5-4-10-6-7-13-12(10)9(11)3;1-7-3-2-4-8-5-6-10-9(7)8/h4-12H,1-3H3;3*2-10H,1H3;4-8H,1-3H3;2-6H,1H3. The van der Waals surface area contributed by atoms with Crippen LogP contribution in [0, 0.1) is 41.5 Å². The van der Waals surface area contributed by atoms with Crippen LogP contribution in [0.3, 0.4) is 0 Å². The van der Waals surface area contributed by atoms with Crippen LogP contribution < -0.4 is 0 Å². The second kappa shape index (κ2) is 29.7. The molecule has 0 saturated carbocycles. The first-order valence-corrected chi connectivity index (χ1v) is 36.1. The van der Waals surface area contributed by atoms with Crippen molar-refractivity contribution in [3.05, 3.63) is 307 Å². The molecule has 0 saturated heterocycles. The predicted molar refractivity (Wildman–Crippen MR) is 409 cm³/mol. The Bertz CT molecular complexity index is 4950. The van der Waals surface area contributed by atoms with Crippen LogP contribution in [0.2, 0.25) is 0 Å².